The lowest BCUT2D eigenvalue weighted by atomic mass is 9.87. The number of hydrogen-bond acceptors (Lipinski definition) is 8. The summed E-state index contributed by atoms with van der Waals surface area (Å²) in [5, 5.41) is 3.77. The number of anilines is 2. The molecule has 1 aliphatic heterocycles. The Kier molecular flexibility index (Phi) is 8.46. The van der Waals surface area contributed by atoms with Crippen LogP contribution in [0.2, 0.25) is 5.02 Å². The fourth-order valence-corrected chi connectivity index (χ4v) is 6.38. The number of ketones is 1. The number of Topliss-reactive ketones (excluding diaryl/α,β-unsaturated/α-hetero) is 1. The number of hydrogen-bond donors (Lipinski definition) is 1. The highest BCUT2D eigenvalue weighted by atomic mass is 35.5. The molecule has 208 valence electrons. The van der Waals surface area contributed by atoms with Gasteiger partial charge < -0.3 is 14.8 Å². The Bertz CT molecular complexity index is 1320. The van der Waals surface area contributed by atoms with Crippen LogP contribution >= 0.6 is 22.9 Å². The van der Waals surface area contributed by atoms with Gasteiger partial charge in [0.15, 0.2) is 5.13 Å². The average molecular weight is 578 g/mol. The second-order valence-corrected chi connectivity index (χ2v) is 11.4. The van der Waals surface area contributed by atoms with E-state index >= 15 is 8.78 Å². The molecule has 1 saturated heterocycles. The molecule has 0 spiro atoms. The predicted molar refractivity (Wildman–Crippen MR) is 147 cm³/mol. The Balaban J connectivity index is 1.30. The first-order chi connectivity index (χ1) is 18.8. The van der Waals surface area contributed by atoms with Gasteiger partial charge in [0.1, 0.15) is 5.82 Å². The van der Waals surface area contributed by atoms with Crippen molar-refractivity contribution in [1.29, 1.82) is 0 Å². The largest absolute Gasteiger partial charge is 0.469 e. The van der Waals surface area contributed by atoms with E-state index in [0.29, 0.717) is 49.6 Å². The lowest BCUT2D eigenvalue weighted by molar-refractivity contribution is -0.252. The fraction of sp³-hybridized carbons (Fsp3) is 0.464. The van der Waals surface area contributed by atoms with Crippen molar-refractivity contribution in [2.45, 2.75) is 57.0 Å². The number of methoxy groups -OCH3 is 1. The third kappa shape index (κ3) is 6.09. The van der Waals surface area contributed by atoms with E-state index in [4.69, 9.17) is 21.1 Å². The monoisotopic (exact) mass is 577 g/mol. The summed E-state index contributed by atoms with van der Waals surface area (Å²) in [7, 11) is 1.35. The maximum atomic E-state index is 16.5. The summed E-state index contributed by atoms with van der Waals surface area (Å²) in [6.07, 6.45) is 2.28. The molecule has 0 bridgehead atoms. The summed E-state index contributed by atoms with van der Waals surface area (Å²) < 4.78 is 43.3. The number of nitrogens with one attached hydrogen (secondary N) is 1. The van der Waals surface area contributed by atoms with E-state index in [9.17, 15) is 9.59 Å². The number of carbonyl (C=O) groups excluding carboxylic acids is 2. The minimum atomic E-state index is -2.68. The maximum Gasteiger partial charge on any atom is 0.330 e. The van der Waals surface area contributed by atoms with Crippen LogP contribution in [0.4, 0.5) is 19.6 Å². The second-order valence-electron chi connectivity index (χ2n) is 10.0. The fourth-order valence-electron chi connectivity index (χ4n) is 5.27. The number of ether oxygens (including phenoxy) is 2. The van der Waals surface area contributed by atoms with Gasteiger partial charge >= 0.3 is 11.9 Å². The number of para-hydroxylation sites is 1. The molecule has 2 fully saturated rings. The Morgan fingerprint density at radius 2 is 1.90 bits per heavy atom. The van der Waals surface area contributed by atoms with E-state index in [1.807, 2.05) is 24.3 Å². The number of nitrogens with zero attached hydrogens (tertiary/aromatic N) is 2. The van der Waals surface area contributed by atoms with Gasteiger partial charge in [0.25, 0.3) is 0 Å². The molecule has 1 aromatic heterocycles. The molecular formula is C28H30ClF2N3O4S. The standard InChI is InChI=1S/C28H30ClF2N3O4S/c1-37-26(36)17-8-10-19(11-9-17)38-28(31,34-12-4-5-13-34)25(35)15-18-14-20(29)23(16-21(18)30)33-27-32-22-6-2-3-7-24(22)39-27/h2-3,6-7,14,16-17,19H,4-5,8-13,15H2,1H3,(H,32,33)/t17-,19-,28?. The molecule has 5 rings (SSSR count). The molecule has 2 aromatic carbocycles. The Morgan fingerprint density at radius 1 is 1.18 bits per heavy atom. The third-order valence-corrected chi connectivity index (χ3v) is 8.68. The highest BCUT2D eigenvalue weighted by Gasteiger charge is 2.49. The first kappa shape index (κ1) is 27.9. The molecule has 2 aliphatic rings. The SMILES string of the molecule is COC(=O)[C@H]1CC[C@H](OC(F)(C(=O)Cc2cc(Cl)c(Nc3nc4ccccc4s3)cc2F)N2CCCC2)CC1. The van der Waals surface area contributed by atoms with Crippen molar-refractivity contribution >= 4 is 55.7 Å². The van der Waals surface area contributed by atoms with Gasteiger partial charge in [-0.25, -0.2) is 14.3 Å². The number of alkyl halides is 1. The van der Waals surface area contributed by atoms with E-state index in [2.05, 4.69) is 10.3 Å². The van der Waals surface area contributed by atoms with Crippen LogP contribution in [0.25, 0.3) is 10.2 Å². The van der Waals surface area contributed by atoms with Gasteiger partial charge in [-0.15, -0.1) is 0 Å². The molecule has 1 aliphatic carbocycles. The Hall–Kier alpha value is -2.66. The third-order valence-electron chi connectivity index (χ3n) is 7.41. The average Bonchev–Trinajstić information content (AvgIpc) is 3.62. The van der Waals surface area contributed by atoms with Crippen molar-refractivity contribution in [2.24, 2.45) is 5.92 Å². The number of rotatable bonds is 9. The molecule has 7 nitrogen and oxygen atoms in total. The molecule has 1 saturated carbocycles. The van der Waals surface area contributed by atoms with Gasteiger partial charge in [-0.05, 0) is 68.4 Å². The van der Waals surface area contributed by atoms with Crippen LogP contribution in [0.3, 0.4) is 0 Å². The molecule has 0 radical (unpaired) electrons. The number of benzene rings is 2. The molecule has 0 amide bonds. The predicted octanol–water partition coefficient (Wildman–Crippen LogP) is 6.41. The van der Waals surface area contributed by atoms with Gasteiger partial charge in [-0.3, -0.25) is 9.59 Å². The zero-order valence-corrected chi connectivity index (χ0v) is 23.1. The van der Waals surface area contributed by atoms with Crippen molar-refractivity contribution in [3.63, 3.8) is 0 Å². The molecule has 2 heterocycles. The second kappa shape index (κ2) is 11.8. The normalized spacial score (nSPS) is 21.5. The summed E-state index contributed by atoms with van der Waals surface area (Å²) in [5.74, 6) is -4.78. The summed E-state index contributed by atoms with van der Waals surface area (Å²) in [5.41, 5.74) is 1.09. The minimum absolute atomic E-state index is 0.0147. The van der Waals surface area contributed by atoms with Crippen molar-refractivity contribution in [3.8, 4) is 0 Å². The molecule has 1 unspecified atom stereocenters. The first-order valence-electron chi connectivity index (χ1n) is 13.1. The molecule has 1 N–H and O–H groups in total. The number of thiazole rings is 1. The molecule has 1 atom stereocenters. The van der Waals surface area contributed by atoms with Crippen molar-refractivity contribution in [2.75, 3.05) is 25.5 Å². The van der Waals surface area contributed by atoms with Crippen LogP contribution in [-0.4, -0.2) is 53.9 Å². The van der Waals surface area contributed by atoms with Crippen LogP contribution in [0.5, 0.6) is 0 Å². The van der Waals surface area contributed by atoms with Crippen molar-refractivity contribution < 1.29 is 27.8 Å². The van der Waals surface area contributed by atoms with E-state index in [1.54, 1.807) is 0 Å². The van der Waals surface area contributed by atoms with Crippen LogP contribution in [-0.2, 0) is 25.5 Å². The van der Waals surface area contributed by atoms with Crippen molar-refractivity contribution in [3.05, 3.63) is 52.8 Å². The lowest BCUT2D eigenvalue weighted by Gasteiger charge is -2.37. The van der Waals surface area contributed by atoms with Crippen LogP contribution in [0.15, 0.2) is 36.4 Å². The highest BCUT2D eigenvalue weighted by Crippen LogP contribution is 2.36. The van der Waals surface area contributed by atoms with Gasteiger partial charge in [0, 0.05) is 19.5 Å². The lowest BCUT2D eigenvalue weighted by Crippen LogP contribution is -2.54. The van der Waals surface area contributed by atoms with Crippen LogP contribution in [0.1, 0.15) is 44.1 Å². The zero-order chi connectivity index (χ0) is 27.6. The minimum Gasteiger partial charge on any atom is -0.469 e. The number of halogens is 3. The van der Waals surface area contributed by atoms with E-state index in [-0.39, 0.29) is 22.5 Å². The summed E-state index contributed by atoms with van der Waals surface area (Å²) in [4.78, 5) is 31.1. The Labute approximate surface area is 234 Å². The molecular weight excluding hydrogens is 548 g/mol. The smallest absolute Gasteiger partial charge is 0.330 e. The van der Waals surface area contributed by atoms with Gasteiger partial charge in [-0.2, -0.15) is 4.39 Å². The quantitative estimate of drug-likeness (QED) is 0.232. The Morgan fingerprint density at radius 3 is 2.59 bits per heavy atom. The summed E-state index contributed by atoms with van der Waals surface area (Å²) in [6.45, 7) is 0.738. The number of aromatic nitrogens is 1. The number of carbonyl (C=O) groups is 2. The van der Waals surface area contributed by atoms with E-state index in [1.165, 1.54) is 35.5 Å². The summed E-state index contributed by atoms with van der Waals surface area (Å²) >= 11 is 7.85. The molecule has 11 heteroatoms. The number of likely N-dealkylation sites (tertiary alicyclic amines) is 1. The van der Waals surface area contributed by atoms with Crippen LogP contribution < -0.4 is 5.32 Å². The van der Waals surface area contributed by atoms with E-state index in [0.717, 1.165) is 23.1 Å². The van der Waals surface area contributed by atoms with E-state index < -0.39 is 30.1 Å². The van der Waals surface area contributed by atoms with Gasteiger partial charge in [-0.1, -0.05) is 35.1 Å². The molecule has 39 heavy (non-hydrogen) atoms. The number of fused-ring (bicyclic) bond motifs is 1. The van der Waals surface area contributed by atoms with Crippen LogP contribution in [0, 0.1) is 11.7 Å². The highest BCUT2D eigenvalue weighted by molar-refractivity contribution is 7.22. The van der Waals surface area contributed by atoms with Gasteiger partial charge in [0.2, 0.25) is 5.78 Å². The maximum absolute atomic E-state index is 16.5. The molecule has 3 aromatic rings. The summed E-state index contributed by atoms with van der Waals surface area (Å²) in [6, 6.07) is 10.1. The first-order valence-corrected chi connectivity index (χ1v) is 14.3. The topological polar surface area (TPSA) is 80.8 Å². The zero-order valence-electron chi connectivity index (χ0n) is 21.6. The number of esters is 1. The van der Waals surface area contributed by atoms with Gasteiger partial charge in [0.05, 0.1) is 40.1 Å². The van der Waals surface area contributed by atoms with Crippen molar-refractivity contribution in [1.82, 2.24) is 9.88 Å².